The van der Waals surface area contributed by atoms with Gasteiger partial charge in [0.25, 0.3) is 0 Å². The van der Waals surface area contributed by atoms with Crippen LogP contribution in [0.25, 0.3) is 0 Å². The largest absolute Gasteiger partial charge is 0.465 e. The number of hydrogen-bond donors (Lipinski definition) is 2. The lowest BCUT2D eigenvalue weighted by Crippen LogP contribution is -2.69. The number of aliphatic hydroxyl groups is 2. The Hall–Kier alpha value is -1.67. The first-order chi connectivity index (χ1) is 9.81. The Balaban J connectivity index is 3.33. The van der Waals surface area contributed by atoms with Gasteiger partial charge in [0.15, 0.2) is 5.60 Å². The van der Waals surface area contributed by atoms with Gasteiger partial charge in [0.2, 0.25) is 5.41 Å². The van der Waals surface area contributed by atoms with Crippen molar-refractivity contribution in [3.8, 4) is 0 Å². The lowest BCUT2D eigenvalue weighted by molar-refractivity contribution is -0.232. The van der Waals surface area contributed by atoms with Crippen LogP contribution in [0.3, 0.4) is 0 Å². The molecule has 1 aliphatic rings. The second-order valence-corrected chi connectivity index (χ2v) is 4.67. The van der Waals surface area contributed by atoms with Gasteiger partial charge in [0, 0.05) is 0 Å². The number of esters is 3. The first-order valence-electron chi connectivity index (χ1n) is 6.73. The predicted molar refractivity (Wildman–Crippen MR) is 67.9 cm³/mol. The molecule has 1 fully saturated rings. The summed E-state index contributed by atoms with van der Waals surface area (Å²) < 4.78 is 14.3. The van der Waals surface area contributed by atoms with Crippen LogP contribution in [0.1, 0.15) is 27.2 Å². The Bertz CT molecular complexity index is 414. The molecule has 0 amide bonds. The fourth-order valence-corrected chi connectivity index (χ4v) is 2.18. The first-order valence-corrected chi connectivity index (χ1v) is 6.73. The standard InChI is InChI=1S/C13H20O8/c1-4-13(18)8(14)12(7-21-11(13)17,9(15)19-5-2)10(16)20-6-3/h8,14,18H,4-7H2,1-3H3/t8-,13-/m0/s1. The lowest BCUT2D eigenvalue weighted by atomic mass is 9.71. The van der Waals surface area contributed by atoms with Gasteiger partial charge in [0.05, 0.1) is 13.2 Å². The number of carbonyl (C=O) groups excluding carboxylic acids is 3. The van der Waals surface area contributed by atoms with E-state index in [1.165, 1.54) is 20.8 Å². The van der Waals surface area contributed by atoms with Gasteiger partial charge in [-0.15, -0.1) is 0 Å². The molecule has 1 saturated heterocycles. The Morgan fingerprint density at radius 2 is 1.71 bits per heavy atom. The SMILES string of the molecule is CCOC(=O)C1(C(=O)OCC)COC(=O)[C@](O)(CC)[C@H]1O. The highest BCUT2D eigenvalue weighted by molar-refractivity contribution is 6.03. The van der Waals surface area contributed by atoms with Crippen molar-refractivity contribution in [3.05, 3.63) is 0 Å². The molecule has 0 saturated carbocycles. The Morgan fingerprint density at radius 3 is 2.10 bits per heavy atom. The topological polar surface area (TPSA) is 119 Å². The van der Waals surface area contributed by atoms with Crippen LogP contribution in [0.4, 0.5) is 0 Å². The number of cyclic esters (lactones) is 1. The molecule has 1 rings (SSSR count). The molecule has 1 aliphatic heterocycles. The van der Waals surface area contributed by atoms with Crippen molar-refractivity contribution in [2.24, 2.45) is 5.41 Å². The van der Waals surface area contributed by atoms with Crippen molar-refractivity contribution >= 4 is 17.9 Å². The van der Waals surface area contributed by atoms with Gasteiger partial charge in [-0.3, -0.25) is 9.59 Å². The van der Waals surface area contributed by atoms with Crippen molar-refractivity contribution in [2.75, 3.05) is 19.8 Å². The molecule has 0 aliphatic carbocycles. The molecule has 2 atom stereocenters. The summed E-state index contributed by atoms with van der Waals surface area (Å²) in [5.41, 5.74) is -4.66. The van der Waals surface area contributed by atoms with Crippen molar-refractivity contribution in [3.63, 3.8) is 0 Å². The molecule has 2 N–H and O–H groups in total. The normalized spacial score (nSPS) is 27.7. The Labute approximate surface area is 122 Å². The van der Waals surface area contributed by atoms with E-state index in [9.17, 15) is 24.6 Å². The zero-order valence-corrected chi connectivity index (χ0v) is 12.2. The summed E-state index contributed by atoms with van der Waals surface area (Å²) in [7, 11) is 0. The molecule has 0 unspecified atom stereocenters. The van der Waals surface area contributed by atoms with Gasteiger partial charge >= 0.3 is 17.9 Å². The second-order valence-electron chi connectivity index (χ2n) is 4.67. The summed E-state index contributed by atoms with van der Waals surface area (Å²) in [4.78, 5) is 36.0. The summed E-state index contributed by atoms with van der Waals surface area (Å²) in [6.07, 6.45) is -2.26. The molecule has 8 nitrogen and oxygen atoms in total. The summed E-state index contributed by atoms with van der Waals surface area (Å²) in [6.45, 7) is 3.61. The van der Waals surface area contributed by atoms with E-state index < -0.39 is 41.6 Å². The number of ether oxygens (including phenoxy) is 3. The highest BCUT2D eigenvalue weighted by Gasteiger charge is 2.67. The molecular weight excluding hydrogens is 284 g/mol. The molecule has 120 valence electrons. The molecule has 0 aromatic rings. The minimum atomic E-state index is -2.38. The molecule has 21 heavy (non-hydrogen) atoms. The van der Waals surface area contributed by atoms with Crippen molar-refractivity contribution < 1.29 is 38.8 Å². The maximum Gasteiger partial charge on any atom is 0.340 e. The van der Waals surface area contributed by atoms with E-state index >= 15 is 0 Å². The van der Waals surface area contributed by atoms with E-state index in [0.29, 0.717) is 0 Å². The molecule has 0 radical (unpaired) electrons. The molecule has 0 bridgehead atoms. The number of carbonyl (C=O) groups is 3. The predicted octanol–water partition coefficient (Wildman–Crippen LogP) is -0.842. The average Bonchev–Trinajstić information content (AvgIpc) is 2.45. The Morgan fingerprint density at radius 1 is 1.24 bits per heavy atom. The highest BCUT2D eigenvalue weighted by Crippen LogP contribution is 2.39. The highest BCUT2D eigenvalue weighted by atomic mass is 16.6. The summed E-state index contributed by atoms with van der Waals surface area (Å²) in [5, 5.41) is 20.6. The van der Waals surface area contributed by atoms with Gasteiger partial charge in [0.1, 0.15) is 12.7 Å². The molecule has 1 heterocycles. The van der Waals surface area contributed by atoms with Crippen LogP contribution < -0.4 is 0 Å². The number of rotatable bonds is 5. The first kappa shape index (κ1) is 17.4. The van der Waals surface area contributed by atoms with E-state index in [-0.39, 0.29) is 19.6 Å². The third-order valence-corrected chi connectivity index (χ3v) is 3.52. The quantitative estimate of drug-likeness (QED) is 0.383. The fourth-order valence-electron chi connectivity index (χ4n) is 2.18. The van der Waals surface area contributed by atoms with Crippen LogP contribution in [0.15, 0.2) is 0 Å². The minimum Gasteiger partial charge on any atom is -0.465 e. The van der Waals surface area contributed by atoms with E-state index in [4.69, 9.17) is 14.2 Å². The zero-order valence-electron chi connectivity index (χ0n) is 12.2. The second kappa shape index (κ2) is 6.40. The van der Waals surface area contributed by atoms with E-state index in [2.05, 4.69) is 0 Å². The third kappa shape index (κ3) is 2.60. The molecule has 0 aromatic heterocycles. The van der Waals surface area contributed by atoms with Gasteiger partial charge < -0.3 is 24.4 Å². The minimum absolute atomic E-state index is 0.0504. The smallest absolute Gasteiger partial charge is 0.340 e. The van der Waals surface area contributed by atoms with Crippen LogP contribution in [0.5, 0.6) is 0 Å². The molecule has 8 heteroatoms. The van der Waals surface area contributed by atoms with Crippen molar-refractivity contribution in [2.45, 2.75) is 38.9 Å². The van der Waals surface area contributed by atoms with Crippen LogP contribution >= 0.6 is 0 Å². The summed E-state index contributed by atoms with van der Waals surface area (Å²) in [6, 6.07) is 0. The maximum absolute atomic E-state index is 12.2. The van der Waals surface area contributed by atoms with Crippen molar-refractivity contribution in [1.82, 2.24) is 0 Å². The van der Waals surface area contributed by atoms with Crippen LogP contribution in [0.2, 0.25) is 0 Å². The van der Waals surface area contributed by atoms with Crippen LogP contribution in [-0.2, 0) is 28.6 Å². The van der Waals surface area contributed by atoms with Gasteiger partial charge in [-0.05, 0) is 20.3 Å². The molecule has 0 aromatic carbocycles. The van der Waals surface area contributed by atoms with Gasteiger partial charge in [-0.2, -0.15) is 0 Å². The van der Waals surface area contributed by atoms with E-state index in [0.717, 1.165) is 0 Å². The van der Waals surface area contributed by atoms with Gasteiger partial charge in [-0.1, -0.05) is 6.92 Å². The fraction of sp³-hybridized carbons (Fsp3) is 0.769. The monoisotopic (exact) mass is 304 g/mol. The maximum atomic E-state index is 12.2. The van der Waals surface area contributed by atoms with Crippen LogP contribution in [-0.4, -0.2) is 59.6 Å². The van der Waals surface area contributed by atoms with Gasteiger partial charge in [-0.25, -0.2) is 4.79 Å². The summed E-state index contributed by atoms with van der Waals surface area (Å²) >= 11 is 0. The van der Waals surface area contributed by atoms with E-state index in [1.54, 1.807) is 0 Å². The lowest BCUT2D eigenvalue weighted by Gasteiger charge is -2.43. The molecule has 0 spiro atoms. The molecular formula is C13H20O8. The number of aliphatic hydroxyl groups excluding tert-OH is 1. The van der Waals surface area contributed by atoms with E-state index in [1.807, 2.05) is 0 Å². The number of hydrogen-bond acceptors (Lipinski definition) is 8. The Kier molecular flexibility index (Phi) is 5.30. The third-order valence-electron chi connectivity index (χ3n) is 3.52. The van der Waals surface area contributed by atoms with Crippen molar-refractivity contribution in [1.29, 1.82) is 0 Å². The summed E-state index contributed by atoms with van der Waals surface area (Å²) in [5.74, 6) is -3.30. The van der Waals surface area contributed by atoms with Crippen LogP contribution in [0, 0.1) is 5.41 Å². The average molecular weight is 304 g/mol. The zero-order chi connectivity index (χ0) is 16.3.